The van der Waals surface area contributed by atoms with Crippen LogP contribution in [-0.4, -0.2) is 16.5 Å². The first kappa shape index (κ1) is 13.4. The average molecular weight is 263 g/mol. The fourth-order valence-corrected chi connectivity index (χ4v) is 1.83. The zero-order chi connectivity index (χ0) is 14.0. The number of nitrogens with zero attached hydrogens (tertiary/aromatic N) is 2. The number of hydrogen-bond acceptors (Lipinski definition) is 3. The van der Waals surface area contributed by atoms with E-state index in [-0.39, 0.29) is 11.3 Å². The fraction of sp³-hybridized carbons (Fsp3) is 0.286. The highest BCUT2D eigenvalue weighted by Crippen LogP contribution is 2.27. The Bertz CT molecular complexity index is 612. The van der Waals surface area contributed by atoms with Crippen LogP contribution in [0.2, 0.25) is 0 Å². The van der Waals surface area contributed by atoms with Crippen molar-refractivity contribution in [3.05, 3.63) is 41.1 Å². The third-order valence-corrected chi connectivity index (χ3v) is 2.73. The maximum atomic E-state index is 14.1. The van der Waals surface area contributed by atoms with Crippen LogP contribution in [0, 0.1) is 25.5 Å². The number of benzene rings is 1. The number of nitrogens with one attached hydrogen (secondary N) is 1. The molecule has 3 nitrogen and oxygen atoms in total. The van der Waals surface area contributed by atoms with Crippen LogP contribution in [0.15, 0.2) is 18.2 Å². The van der Waals surface area contributed by atoms with Gasteiger partial charge in [0.05, 0.1) is 11.3 Å². The summed E-state index contributed by atoms with van der Waals surface area (Å²) in [7, 11) is 0. The zero-order valence-corrected chi connectivity index (χ0v) is 11.1. The Morgan fingerprint density at radius 1 is 1.16 bits per heavy atom. The zero-order valence-electron chi connectivity index (χ0n) is 11.1. The predicted molar refractivity (Wildman–Crippen MR) is 71.0 cm³/mol. The van der Waals surface area contributed by atoms with Gasteiger partial charge in [0.25, 0.3) is 0 Å². The first-order valence-corrected chi connectivity index (χ1v) is 6.07. The van der Waals surface area contributed by atoms with Crippen molar-refractivity contribution >= 4 is 5.95 Å². The molecule has 1 heterocycles. The van der Waals surface area contributed by atoms with Crippen LogP contribution in [0.1, 0.15) is 18.2 Å². The van der Waals surface area contributed by atoms with Gasteiger partial charge in [-0.3, -0.25) is 0 Å². The van der Waals surface area contributed by atoms with Crippen molar-refractivity contribution in [1.29, 1.82) is 0 Å². The van der Waals surface area contributed by atoms with Gasteiger partial charge < -0.3 is 5.32 Å². The number of anilines is 1. The lowest BCUT2D eigenvalue weighted by Gasteiger charge is -2.09. The van der Waals surface area contributed by atoms with Gasteiger partial charge in [0, 0.05) is 12.2 Å². The molecule has 19 heavy (non-hydrogen) atoms. The third kappa shape index (κ3) is 2.70. The minimum absolute atomic E-state index is 0.107. The van der Waals surface area contributed by atoms with E-state index in [2.05, 4.69) is 15.3 Å². The lowest BCUT2D eigenvalue weighted by atomic mass is 10.1. The lowest BCUT2D eigenvalue weighted by molar-refractivity contribution is 0.582. The summed E-state index contributed by atoms with van der Waals surface area (Å²) in [6.07, 6.45) is 0. The minimum Gasteiger partial charge on any atom is -0.354 e. The molecule has 0 aliphatic carbocycles. The van der Waals surface area contributed by atoms with Crippen LogP contribution in [-0.2, 0) is 0 Å². The molecule has 0 aliphatic heterocycles. The Balaban J connectivity index is 2.62. The van der Waals surface area contributed by atoms with Gasteiger partial charge in [0.15, 0.2) is 0 Å². The molecule has 100 valence electrons. The van der Waals surface area contributed by atoms with Crippen molar-refractivity contribution < 1.29 is 8.78 Å². The summed E-state index contributed by atoms with van der Waals surface area (Å²) in [6, 6.07) is 4.23. The van der Waals surface area contributed by atoms with E-state index in [1.807, 2.05) is 6.92 Å². The number of aryl methyl sites for hydroxylation is 2. The second-order valence-electron chi connectivity index (χ2n) is 4.30. The summed E-state index contributed by atoms with van der Waals surface area (Å²) >= 11 is 0. The van der Waals surface area contributed by atoms with Crippen molar-refractivity contribution in [3.63, 3.8) is 0 Å². The molecular formula is C14H15F2N3. The normalized spacial score (nSPS) is 10.6. The second-order valence-corrected chi connectivity index (χ2v) is 4.30. The minimum atomic E-state index is -0.622. The number of aromatic nitrogens is 2. The van der Waals surface area contributed by atoms with E-state index in [1.165, 1.54) is 12.1 Å². The van der Waals surface area contributed by atoms with Gasteiger partial charge in [0.2, 0.25) is 5.95 Å². The molecule has 0 bridgehead atoms. The van der Waals surface area contributed by atoms with Crippen LogP contribution in [0.25, 0.3) is 11.3 Å². The Labute approximate surface area is 110 Å². The SMILES string of the molecule is CCNc1nc(C)cc(-c2c(F)ccc(C)c2F)n1. The van der Waals surface area contributed by atoms with Crippen LogP contribution in [0.3, 0.4) is 0 Å². The standard InChI is InChI=1S/C14H15F2N3/c1-4-17-14-18-9(3)7-11(19-14)12-10(15)6-5-8(2)13(12)16/h5-7H,4H2,1-3H3,(H,17,18,19). The molecule has 0 saturated heterocycles. The van der Waals surface area contributed by atoms with Gasteiger partial charge >= 0.3 is 0 Å². The first-order valence-electron chi connectivity index (χ1n) is 6.07. The van der Waals surface area contributed by atoms with E-state index in [9.17, 15) is 8.78 Å². The highest BCUT2D eigenvalue weighted by molar-refractivity contribution is 5.63. The van der Waals surface area contributed by atoms with Gasteiger partial charge in [-0.05, 0) is 38.5 Å². The Morgan fingerprint density at radius 2 is 1.89 bits per heavy atom. The molecule has 1 aromatic carbocycles. The van der Waals surface area contributed by atoms with Crippen molar-refractivity contribution in [1.82, 2.24) is 9.97 Å². The molecule has 1 N–H and O–H groups in total. The molecule has 0 amide bonds. The Hall–Kier alpha value is -2.04. The second kappa shape index (κ2) is 5.30. The van der Waals surface area contributed by atoms with E-state index in [0.29, 0.717) is 23.8 Å². The molecule has 1 aromatic heterocycles. The number of halogens is 2. The van der Waals surface area contributed by atoms with E-state index in [0.717, 1.165) is 0 Å². The molecular weight excluding hydrogens is 248 g/mol. The monoisotopic (exact) mass is 263 g/mol. The van der Waals surface area contributed by atoms with Crippen molar-refractivity contribution in [2.24, 2.45) is 0 Å². The van der Waals surface area contributed by atoms with E-state index in [4.69, 9.17) is 0 Å². The van der Waals surface area contributed by atoms with Gasteiger partial charge in [-0.2, -0.15) is 0 Å². The molecule has 0 saturated carbocycles. The molecule has 0 fully saturated rings. The highest BCUT2D eigenvalue weighted by Gasteiger charge is 2.16. The van der Waals surface area contributed by atoms with E-state index in [1.54, 1.807) is 19.9 Å². The van der Waals surface area contributed by atoms with Gasteiger partial charge in [0.1, 0.15) is 11.6 Å². The first-order chi connectivity index (χ1) is 9.02. The molecule has 5 heteroatoms. The predicted octanol–water partition coefficient (Wildman–Crippen LogP) is 3.47. The van der Waals surface area contributed by atoms with Gasteiger partial charge in [-0.15, -0.1) is 0 Å². The summed E-state index contributed by atoms with van der Waals surface area (Å²) in [5.41, 5.74) is 1.19. The Kier molecular flexibility index (Phi) is 3.74. The molecule has 2 rings (SSSR count). The number of rotatable bonds is 3. The average Bonchev–Trinajstić information content (AvgIpc) is 2.34. The molecule has 0 atom stereocenters. The van der Waals surface area contributed by atoms with E-state index < -0.39 is 11.6 Å². The molecule has 0 unspecified atom stereocenters. The summed E-state index contributed by atoms with van der Waals surface area (Å²) in [6.45, 7) is 5.90. The maximum Gasteiger partial charge on any atom is 0.223 e. The summed E-state index contributed by atoms with van der Waals surface area (Å²) < 4.78 is 27.9. The highest BCUT2D eigenvalue weighted by atomic mass is 19.1. The third-order valence-electron chi connectivity index (χ3n) is 2.73. The van der Waals surface area contributed by atoms with Crippen molar-refractivity contribution in [2.45, 2.75) is 20.8 Å². The largest absolute Gasteiger partial charge is 0.354 e. The fourth-order valence-electron chi connectivity index (χ4n) is 1.83. The van der Waals surface area contributed by atoms with Crippen molar-refractivity contribution in [3.8, 4) is 11.3 Å². The van der Waals surface area contributed by atoms with Crippen molar-refractivity contribution in [2.75, 3.05) is 11.9 Å². The van der Waals surface area contributed by atoms with E-state index >= 15 is 0 Å². The maximum absolute atomic E-state index is 14.1. The molecule has 0 spiro atoms. The molecule has 0 aliphatic rings. The van der Waals surface area contributed by atoms with Crippen LogP contribution in [0.5, 0.6) is 0 Å². The van der Waals surface area contributed by atoms with Crippen LogP contribution < -0.4 is 5.32 Å². The molecule has 0 radical (unpaired) electrons. The lowest BCUT2D eigenvalue weighted by Crippen LogP contribution is -2.05. The van der Waals surface area contributed by atoms with Crippen LogP contribution in [0.4, 0.5) is 14.7 Å². The quantitative estimate of drug-likeness (QED) is 0.921. The topological polar surface area (TPSA) is 37.8 Å². The Morgan fingerprint density at radius 3 is 2.58 bits per heavy atom. The van der Waals surface area contributed by atoms with Gasteiger partial charge in [-0.1, -0.05) is 6.07 Å². The summed E-state index contributed by atoms with van der Waals surface area (Å²) in [4.78, 5) is 8.32. The van der Waals surface area contributed by atoms with Crippen LogP contribution >= 0.6 is 0 Å². The summed E-state index contributed by atoms with van der Waals surface area (Å²) in [5, 5.41) is 2.94. The summed E-state index contributed by atoms with van der Waals surface area (Å²) in [5.74, 6) is -0.831. The smallest absolute Gasteiger partial charge is 0.223 e. The molecule has 2 aromatic rings. The van der Waals surface area contributed by atoms with Gasteiger partial charge in [-0.25, -0.2) is 18.7 Å². The number of hydrogen-bond donors (Lipinski definition) is 1.